The molecule has 3 saturated heterocycles. The number of rotatable bonds is 21. The summed E-state index contributed by atoms with van der Waals surface area (Å²) in [7, 11) is 5.00. The molecule has 18 atom stereocenters. The third kappa shape index (κ3) is 19.1. The molecule has 0 aromatic rings. The fourth-order valence-corrected chi connectivity index (χ4v) is 10.8. The number of hydrogen-bond donors (Lipinski definition) is 5. The number of ether oxygens (including phenoxy) is 6. The summed E-state index contributed by atoms with van der Waals surface area (Å²) >= 11 is 0. The Balaban J connectivity index is 1.83. The summed E-state index contributed by atoms with van der Waals surface area (Å²) in [6.45, 7) is 19.9. The Morgan fingerprint density at radius 3 is 1.85 bits per heavy atom. The Morgan fingerprint density at radius 2 is 1.32 bits per heavy atom. The quantitative estimate of drug-likeness (QED) is 0.0544. The Hall–Kier alpha value is -3.06. The molecule has 0 aromatic carbocycles. The Bertz CT molecular complexity index is 1850. The Labute approximate surface area is 445 Å². The van der Waals surface area contributed by atoms with Gasteiger partial charge in [-0.15, -0.1) is 0 Å². The second-order valence-corrected chi connectivity index (χ2v) is 22.2. The molecule has 1 amide bonds. The number of amides is 1. The largest absolute Gasteiger partial charge is 0.459 e. The summed E-state index contributed by atoms with van der Waals surface area (Å²) in [5.41, 5.74) is -4.58. The predicted molar refractivity (Wildman–Crippen MR) is 291 cm³/mol. The van der Waals surface area contributed by atoms with Gasteiger partial charge in [-0.05, 0) is 126 Å². The van der Waals surface area contributed by atoms with Gasteiger partial charge in [0.2, 0.25) is 5.91 Å². The SMILES string of the molecule is CC/C=C\C/C=C\C/C=C\C/C=C\C/C=C\C/C=C\CCC(=O)N(C)[C@H]1C[C@@H](C)O[C@@H](O[C@@H]2[C@H](C)[C@H](O[C@H]3C[C@@](C)(OC)[C@@H](O)[C@H](C)O3)[C@@H](C)C(=O)O[C@H](CC)[C@@](C)(O)[C@H](O)[C@@H](C)N(C)C[C@H](C)C[C@@]2(C)O)[C@@H]1O. The highest BCUT2D eigenvalue weighted by atomic mass is 16.7. The van der Waals surface area contributed by atoms with Crippen LogP contribution in [0.25, 0.3) is 0 Å². The average molecular weight is 1050 g/mol. The molecule has 3 aliphatic rings. The smallest absolute Gasteiger partial charge is 0.311 e. The van der Waals surface area contributed by atoms with Crippen LogP contribution in [-0.4, -0.2) is 165 Å². The molecule has 3 heterocycles. The zero-order valence-corrected chi connectivity index (χ0v) is 47.7. The summed E-state index contributed by atoms with van der Waals surface area (Å²) in [6, 6.07) is -1.26. The summed E-state index contributed by atoms with van der Waals surface area (Å²) in [5, 5.41) is 59.5. The highest BCUT2D eigenvalue weighted by Crippen LogP contribution is 2.40. The first-order chi connectivity index (χ1) is 34.9. The number of aliphatic hydroxyl groups excluding tert-OH is 3. The lowest BCUT2D eigenvalue weighted by molar-refractivity contribution is -0.317. The number of likely N-dealkylation sites (N-methyl/N-ethyl adjacent to an activating group) is 2. The van der Waals surface area contributed by atoms with E-state index in [1.54, 1.807) is 60.4 Å². The van der Waals surface area contributed by atoms with Gasteiger partial charge in [0.25, 0.3) is 0 Å². The van der Waals surface area contributed by atoms with Crippen molar-refractivity contribution >= 4 is 11.9 Å². The van der Waals surface area contributed by atoms with Crippen molar-refractivity contribution in [3.63, 3.8) is 0 Å². The zero-order chi connectivity index (χ0) is 55.4. The van der Waals surface area contributed by atoms with Crippen LogP contribution in [0.15, 0.2) is 72.9 Å². The topological polar surface area (TPSA) is 197 Å². The van der Waals surface area contributed by atoms with Crippen LogP contribution in [0, 0.1) is 17.8 Å². The summed E-state index contributed by atoms with van der Waals surface area (Å²) in [5.74, 6) is -3.01. The van der Waals surface area contributed by atoms with Crippen molar-refractivity contribution in [1.82, 2.24) is 9.80 Å². The van der Waals surface area contributed by atoms with Crippen molar-refractivity contribution in [3.05, 3.63) is 72.9 Å². The molecule has 0 spiro atoms. The number of cyclic esters (lactones) is 1. The number of aliphatic hydroxyl groups is 5. The molecule has 3 rings (SSSR count). The standard InChI is InChI=1S/C59H100N2O13/c1-15-17-18-19-20-21-22-23-24-25-26-27-28-29-30-31-32-33-34-35-48(62)61(13)46-36-41(4)70-56(50(46)63)74-54-42(5)51(73-49-38-58(10,69-14)53(65)45(8)71-49)43(6)55(66)72-47(16-2)59(11,68)52(64)44(7)60(12)39-40(3)37-57(54,9)67/h17-18,20-21,23-24,26-27,29-30,32-33,40-47,49-54,56,63-65,67-68H,15-16,19,22,25,28,31,34-39H2,1-14H3/b18-17-,21-20-,24-23-,27-26-,30-29-,33-32-/t40-,41-,42-,43-,44-,45+,46+,47-,49+,50-,51+,52-,53+,54-,56+,57-,58-,59-/m1/s1. The minimum absolute atomic E-state index is 0.0890. The van der Waals surface area contributed by atoms with Gasteiger partial charge >= 0.3 is 5.97 Å². The van der Waals surface area contributed by atoms with E-state index in [0.717, 1.165) is 38.5 Å². The highest BCUT2D eigenvalue weighted by Gasteiger charge is 2.53. The minimum Gasteiger partial charge on any atom is -0.459 e. The number of allylic oxidation sites excluding steroid dienone is 12. The Morgan fingerprint density at radius 1 is 0.784 bits per heavy atom. The molecular formula is C59H100N2O13. The molecule has 3 fully saturated rings. The maximum Gasteiger partial charge on any atom is 0.311 e. The molecule has 15 nitrogen and oxygen atoms in total. The first kappa shape index (κ1) is 65.2. The lowest BCUT2D eigenvalue weighted by Gasteiger charge is -2.49. The molecule has 0 unspecified atom stereocenters. The van der Waals surface area contributed by atoms with Crippen molar-refractivity contribution < 1.29 is 63.5 Å². The van der Waals surface area contributed by atoms with Gasteiger partial charge in [0.05, 0.1) is 47.6 Å². The van der Waals surface area contributed by atoms with E-state index in [-0.39, 0.29) is 37.5 Å². The van der Waals surface area contributed by atoms with Crippen molar-refractivity contribution in [3.8, 4) is 0 Å². The molecule has 74 heavy (non-hydrogen) atoms. The third-order valence-corrected chi connectivity index (χ3v) is 15.6. The van der Waals surface area contributed by atoms with Crippen LogP contribution in [0.2, 0.25) is 0 Å². The van der Waals surface area contributed by atoms with E-state index >= 15 is 0 Å². The van der Waals surface area contributed by atoms with Crippen LogP contribution in [-0.2, 0) is 38.0 Å². The molecule has 0 bridgehead atoms. The number of methoxy groups -OCH3 is 1. The van der Waals surface area contributed by atoms with Gasteiger partial charge in [-0.3, -0.25) is 9.59 Å². The zero-order valence-electron chi connectivity index (χ0n) is 47.7. The predicted octanol–water partition coefficient (Wildman–Crippen LogP) is 8.28. The van der Waals surface area contributed by atoms with Crippen LogP contribution in [0.4, 0.5) is 0 Å². The summed E-state index contributed by atoms with van der Waals surface area (Å²) < 4.78 is 38.1. The normalized spacial score (nSPS) is 38.9. The van der Waals surface area contributed by atoms with E-state index in [2.05, 4.69) is 67.7 Å². The lowest BCUT2D eigenvalue weighted by atomic mass is 9.77. The van der Waals surface area contributed by atoms with Crippen molar-refractivity contribution in [2.75, 3.05) is 27.7 Å². The first-order valence-corrected chi connectivity index (χ1v) is 27.6. The summed E-state index contributed by atoms with van der Waals surface area (Å²) in [4.78, 5) is 31.6. The number of carbonyl (C=O) groups excluding carboxylic acids is 2. The van der Waals surface area contributed by atoms with E-state index in [1.807, 2.05) is 37.9 Å². The molecule has 15 heteroatoms. The van der Waals surface area contributed by atoms with Crippen LogP contribution >= 0.6 is 0 Å². The van der Waals surface area contributed by atoms with Gasteiger partial charge in [0.1, 0.15) is 30.0 Å². The fraction of sp³-hybridized carbons (Fsp3) is 0.763. The fourth-order valence-electron chi connectivity index (χ4n) is 10.8. The van der Waals surface area contributed by atoms with Gasteiger partial charge in [0.15, 0.2) is 12.6 Å². The molecule has 0 aliphatic carbocycles. The molecule has 3 aliphatic heterocycles. The molecular weight excluding hydrogens is 945 g/mol. The molecule has 0 aromatic heterocycles. The first-order valence-electron chi connectivity index (χ1n) is 27.6. The van der Waals surface area contributed by atoms with E-state index in [0.29, 0.717) is 19.4 Å². The molecule has 0 saturated carbocycles. The van der Waals surface area contributed by atoms with Gasteiger partial charge < -0.3 is 63.8 Å². The molecule has 0 radical (unpaired) electrons. The second-order valence-electron chi connectivity index (χ2n) is 22.2. The van der Waals surface area contributed by atoms with Crippen LogP contribution in [0.1, 0.15) is 153 Å². The van der Waals surface area contributed by atoms with Gasteiger partial charge in [-0.25, -0.2) is 0 Å². The van der Waals surface area contributed by atoms with Crippen LogP contribution < -0.4 is 0 Å². The van der Waals surface area contributed by atoms with E-state index < -0.39 is 108 Å². The monoisotopic (exact) mass is 1040 g/mol. The maximum absolute atomic E-state index is 14.5. The molecule has 5 N–H and O–H groups in total. The van der Waals surface area contributed by atoms with Crippen molar-refractivity contribution in [2.45, 2.75) is 244 Å². The maximum atomic E-state index is 14.5. The minimum atomic E-state index is -1.84. The van der Waals surface area contributed by atoms with E-state index in [4.69, 9.17) is 28.4 Å². The highest BCUT2D eigenvalue weighted by molar-refractivity contribution is 5.76. The summed E-state index contributed by atoms with van der Waals surface area (Å²) in [6.07, 6.45) is 22.3. The number of hydrogen-bond acceptors (Lipinski definition) is 14. The van der Waals surface area contributed by atoms with Crippen molar-refractivity contribution in [2.24, 2.45) is 17.8 Å². The average Bonchev–Trinajstić information content (AvgIpc) is 3.35. The van der Waals surface area contributed by atoms with Crippen LogP contribution in [0.3, 0.4) is 0 Å². The number of esters is 1. The number of nitrogens with zero attached hydrogens (tertiary/aromatic N) is 2. The van der Waals surface area contributed by atoms with Crippen LogP contribution in [0.5, 0.6) is 0 Å². The number of carbonyl (C=O) groups is 2. The van der Waals surface area contributed by atoms with E-state index in [1.165, 1.54) is 14.0 Å². The second kappa shape index (κ2) is 31.4. The van der Waals surface area contributed by atoms with Crippen molar-refractivity contribution in [1.29, 1.82) is 0 Å². The van der Waals surface area contributed by atoms with Gasteiger partial charge in [-0.2, -0.15) is 0 Å². The van der Waals surface area contributed by atoms with Gasteiger partial charge in [-0.1, -0.05) is 101 Å². The van der Waals surface area contributed by atoms with Gasteiger partial charge in [0, 0.05) is 45.5 Å². The third-order valence-electron chi connectivity index (χ3n) is 15.6. The van der Waals surface area contributed by atoms with E-state index in [9.17, 15) is 35.1 Å². The lowest BCUT2D eigenvalue weighted by Crippen LogP contribution is -2.61. The molecule has 424 valence electrons. The Kier molecular flexibility index (Phi) is 27.6.